The van der Waals surface area contributed by atoms with Gasteiger partial charge in [0.15, 0.2) is 0 Å². The van der Waals surface area contributed by atoms with Crippen LogP contribution in [-0.2, 0) is 4.79 Å². The lowest BCUT2D eigenvalue weighted by atomic mass is 9.85. The van der Waals surface area contributed by atoms with Crippen molar-refractivity contribution in [2.45, 2.75) is 33.1 Å². The normalized spacial score (nSPS) is 17.9. The van der Waals surface area contributed by atoms with Crippen molar-refractivity contribution in [3.63, 3.8) is 0 Å². The second-order valence-electron chi connectivity index (χ2n) is 3.83. The molecule has 1 saturated carbocycles. The van der Waals surface area contributed by atoms with E-state index in [0.717, 1.165) is 19.0 Å². The fourth-order valence-corrected chi connectivity index (χ4v) is 1.66. The first-order chi connectivity index (χ1) is 5.72. The lowest BCUT2D eigenvalue weighted by Crippen LogP contribution is -2.35. The summed E-state index contributed by atoms with van der Waals surface area (Å²) in [5, 5.41) is 0. The van der Waals surface area contributed by atoms with Crippen molar-refractivity contribution in [2.75, 3.05) is 19.6 Å². The number of Topliss-reactive ketones (excluding diaryl/α,β-unsaturated/α-hetero) is 1. The maximum atomic E-state index is 10.9. The Morgan fingerprint density at radius 1 is 1.50 bits per heavy atom. The molecule has 0 amide bonds. The molecule has 0 spiro atoms. The molecule has 0 aliphatic heterocycles. The highest BCUT2D eigenvalue weighted by Gasteiger charge is 2.20. The van der Waals surface area contributed by atoms with Crippen LogP contribution in [0.25, 0.3) is 0 Å². The van der Waals surface area contributed by atoms with E-state index in [1.54, 1.807) is 6.92 Å². The van der Waals surface area contributed by atoms with Gasteiger partial charge in [0.25, 0.3) is 0 Å². The fourth-order valence-electron chi connectivity index (χ4n) is 1.66. The second kappa shape index (κ2) is 4.61. The van der Waals surface area contributed by atoms with E-state index in [1.807, 2.05) is 0 Å². The number of ketones is 1. The van der Waals surface area contributed by atoms with E-state index >= 15 is 0 Å². The van der Waals surface area contributed by atoms with Gasteiger partial charge in [-0.3, -0.25) is 9.69 Å². The maximum Gasteiger partial charge on any atom is 0.143 e. The van der Waals surface area contributed by atoms with Crippen LogP contribution in [0.1, 0.15) is 33.1 Å². The SMILES string of the molecule is CCN(CC(C)=O)CC1CCC1. The van der Waals surface area contributed by atoms with Crippen LogP contribution < -0.4 is 0 Å². The minimum absolute atomic E-state index is 0.288. The van der Waals surface area contributed by atoms with E-state index in [9.17, 15) is 4.79 Å². The summed E-state index contributed by atoms with van der Waals surface area (Å²) in [5.41, 5.74) is 0. The zero-order valence-corrected chi connectivity index (χ0v) is 8.18. The molecule has 12 heavy (non-hydrogen) atoms. The molecule has 70 valence electrons. The molecule has 0 saturated heterocycles. The third-order valence-electron chi connectivity index (χ3n) is 2.63. The molecule has 0 aromatic rings. The number of nitrogens with zero attached hydrogens (tertiary/aromatic N) is 1. The van der Waals surface area contributed by atoms with Gasteiger partial charge in [0.05, 0.1) is 6.54 Å². The minimum Gasteiger partial charge on any atom is -0.299 e. The van der Waals surface area contributed by atoms with Crippen LogP contribution in [0.3, 0.4) is 0 Å². The topological polar surface area (TPSA) is 20.3 Å². The monoisotopic (exact) mass is 169 g/mol. The van der Waals surface area contributed by atoms with Crippen LogP contribution in [0.5, 0.6) is 0 Å². The van der Waals surface area contributed by atoms with E-state index in [2.05, 4.69) is 11.8 Å². The van der Waals surface area contributed by atoms with Crippen molar-refractivity contribution in [3.05, 3.63) is 0 Å². The number of rotatable bonds is 5. The summed E-state index contributed by atoms with van der Waals surface area (Å²) in [7, 11) is 0. The fraction of sp³-hybridized carbons (Fsp3) is 0.900. The van der Waals surface area contributed by atoms with Crippen molar-refractivity contribution in [1.82, 2.24) is 4.90 Å². The molecule has 1 rings (SSSR count). The number of likely N-dealkylation sites (N-methyl/N-ethyl adjacent to an activating group) is 1. The zero-order chi connectivity index (χ0) is 8.97. The first kappa shape index (κ1) is 9.72. The average Bonchev–Trinajstić information content (AvgIpc) is 1.93. The van der Waals surface area contributed by atoms with E-state index in [0.29, 0.717) is 6.54 Å². The highest BCUT2D eigenvalue weighted by Crippen LogP contribution is 2.26. The van der Waals surface area contributed by atoms with Gasteiger partial charge < -0.3 is 0 Å². The molecule has 0 aromatic heterocycles. The molecule has 0 bridgehead atoms. The Morgan fingerprint density at radius 2 is 2.17 bits per heavy atom. The van der Waals surface area contributed by atoms with E-state index in [-0.39, 0.29) is 5.78 Å². The van der Waals surface area contributed by atoms with Gasteiger partial charge in [-0.1, -0.05) is 13.3 Å². The Bertz CT molecular complexity index is 152. The first-order valence-electron chi connectivity index (χ1n) is 4.94. The number of hydrogen-bond donors (Lipinski definition) is 0. The highest BCUT2D eigenvalue weighted by molar-refractivity contribution is 5.77. The average molecular weight is 169 g/mol. The van der Waals surface area contributed by atoms with Gasteiger partial charge in [0.2, 0.25) is 0 Å². The van der Waals surface area contributed by atoms with E-state index in [1.165, 1.54) is 19.3 Å². The second-order valence-corrected chi connectivity index (χ2v) is 3.83. The first-order valence-corrected chi connectivity index (χ1v) is 4.94. The summed E-state index contributed by atoms with van der Waals surface area (Å²) < 4.78 is 0. The Labute approximate surface area is 74.9 Å². The Morgan fingerprint density at radius 3 is 2.50 bits per heavy atom. The molecule has 0 aromatic carbocycles. The molecule has 0 radical (unpaired) electrons. The quantitative estimate of drug-likeness (QED) is 0.624. The third kappa shape index (κ3) is 2.94. The third-order valence-corrected chi connectivity index (χ3v) is 2.63. The Kier molecular flexibility index (Phi) is 3.73. The number of hydrogen-bond acceptors (Lipinski definition) is 2. The summed E-state index contributed by atoms with van der Waals surface area (Å²) >= 11 is 0. The number of carbonyl (C=O) groups is 1. The Hall–Kier alpha value is -0.370. The molecule has 1 aliphatic carbocycles. The molecule has 0 N–H and O–H groups in total. The van der Waals surface area contributed by atoms with Gasteiger partial charge in [0, 0.05) is 6.54 Å². The zero-order valence-electron chi connectivity index (χ0n) is 8.18. The Balaban J connectivity index is 2.19. The van der Waals surface area contributed by atoms with Crippen LogP contribution in [-0.4, -0.2) is 30.3 Å². The minimum atomic E-state index is 0.288. The molecular formula is C10H19NO. The van der Waals surface area contributed by atoms with Gasteiger partial charge in [-0.15, -0.1) is 0 Å². The molecule has 0 atom stereocenters. The van der Waals surface area contributed by atoms with Gasteiger partial charge in [0.1, 0.15) is 5.78 Å². The number of carbonyl (C=O) groups excluding carboxylic acids is 1. The predicted molar refractivity (Wildman–Crippen MR) is 50.1 cm³/mol. The molecule has 2 nitrogen and oxygen atoms in total. The van der Waals surface area contributed by atoms with Crippen LogP contribution in [0.4, 0.5) is 0 Å². The molecule has 1 fully saturated rings. The predicted octanol–water partition coefficient (Wildman–Crippen LogP) is 1.70. The summed E-state index contributed by atoms with van der Waals surface area (Å²) in [5.74, 6) is 1.17. The van der Waals surface area contributed by atoms with Crippen molar-refractivity contribution in [1.29, 1.82) is 0 Å². The van der Waals surface area contributed by atoms with Gasteiger partial charge in [-0.25, -0.2) is 0 Å². The molecule has 2 heteroatoms. The standard InChI is InChI=1S/C10H19NO/c1-3-11(7-9(2)12)8-10-5-4-6-10/h10H,3-8H2,1-2H3. The highest BCUT2D eigenvalue weighted by atomic mass is 16.1. The summed E-state index contributed by atoms with van der Waals surface area (Å²) in [4.78, 5) is 13.1. The smallest absolute Gasteiger partial charge is 0.143 e. The van der Waals surface area contributed by atoms with Crippen molar-refractivity contribution in [3.8, 4) is 0 Å². The van der Waals surface area contributed by atoms with E-state index < -0.39 is 0 Å². The molecule has 0 heterocycles. The molecular weight excluding hydrogens is 150 g/mol. The van der Waals surface area contributed by atoms with Crippen LogP contribution in [0.15, 0.2) is 0 Å². The van der Waals surface area contributed by atoms with Crippen molar-refractivity contribution in [2.24, 2.45) is 5.92 Å². The van der Waals surface area contributed by atoms with Gasteiger partial charge in [-0.2, -0.15) is 0 Å². The maximum absolute atomic E-state index is 10.9. The van der Waals surface area contributed by atoms with Crippen molar-refractivity contribution < 1.29 is 4.79 Å². The lowest BCUT2D eigenvalue weighted by Gasteiger charge is -2.31. The molecule has 1 aliphatic rings. The largest absolute Gasteiger partial charge is 0.299 e. The van der Waals surface area contributed by atoms with Crippen molar-refractivity contribution >= 4 is 5.78 Å². The lowest BCUT2D eigenvalue weighted by molar-refractivity contribution is -0.118. The summed E-state index contributed by atoms with van der Waals surface area (Å²) in [6, 6.07) is 0. The van der Waals surface area contributed by atoms with Gasteiger partial charge in [-0.05, 0) is 32.2 Å². The summed E-state index contributed by atoms with van der Waals surface area (Å²) in [6.45, 7) is 6.59. The van der Waals surface area contributed by atoms with Crippen LogP contribution in [0, 0.1) is 5.92 Å². The van der Waals surface area contributed by atoms with Crippen LogP contribution in [0.2, 0.25) is 0 Å². The van der Waals surface area contributed by atoms with Gasteiger partial charge >= 0.3 is 0 Å². The molecule has 0 unspecified atom stereocenters. The summed E-state index contributed by atoms with van der Waals surface area (Å²) in [6.07, 6.45) is 4.13. The van der Waals surface area contributed by atoms with Crippen LogP contribution >= 0.6 is 0 Å². The van der Waals surface area contributed by atoms with E-state index in [4.69, 9.17) is 0 Å².